The molecule has 17 heteroatoms. The summed E-state index contributed by atoms with van der Waals surface area (Å²) in [6, 6.07) is 0. The average Bonchev–Trinajstić information content (AvgIpc) is 2.38. The quantitative estimate of drug-likeness (QED) is 0.215. The summed E-state index contributed by atoms with van der Waals surface area (Å²) in [5, 5.41) is 0. The molecule has 0 unspecified atom stereocenters. The molecule has 0 aliphatic rings. The van der Waals surface area contributed by atoms with Crippen molar-refractivity contribution in [3.8, 4) is 0 Å². The van der Waals surface area contributed by atoms with Crippen LogP contribution in [0.5, 0.6) is 0 Å². The molecule has 0 aliphatic carbocycles. The van der Waals surface area contributed by atoms with Crippen molar-refractivity contribution in [2.24, 2.45) is 0 Å². The molecule has 0 fully saturated rings. The van der Waals surface area contributed by atoms with Gasteiger partial charge in [-0.1, -0.05) is 0 Å². The summed E-state index contributed by atoms with van der Waals surface area (Å²) in [6.07, 6.45) is -27.7. The molecule has 0 rings (SSSR count). The van der Waals surface area contributed by atoms with Gasteiger partial charge in [-0.15, -0.1) is 0 Å². The zero-order valence-corrected chi connectivity index (χ0v) is 20.1. The molecule has 29 heavy (non-hydrogen) atoms. The molecule has 174 valence electrons. The van der Waals surface area contributed by atoms with Gasteiger partial charge in [-0.2, -0.15) is 0 Å². The van der Waals surface area contributed by atoms with Gasteiger partial charge in [-0.3, -0.25) is 0 Å². The average molecular weight is 603 g/mol. The fourth-order valence-electron chi connectivity index (χ4n) is 2.18. The van der Waals surface area contributed by atoms with Crippen LogP contribution in [0.2, 0.25) is 0 Å². The zero-order valence-electron chi connectivity index (χ0n) is 15.3. The van der Waals surface area contributed by atoms with Crippen LogP contribution in [0.25, 0.3) is 0 Å². The summed E-state index contributed by atoms with van der Waals surface area (Å²) in [7, 11) is -4.66. The molecule has 0 spiro atoms. The van der Waals surface area contributed by atoms with Crippen LogP contribution in [0.1, 0.15) is 0 Å². The molecular weight excluding hydrogens is 585 g/mol. The summed E-state index contributed by atoms with van der Waals surface area (Å²) < 4.78 is 166. The third-order valence-corrected chi connectivity index (χ3v) is 8.34. The van der Waals surface area contributed by atoms with Crippen molar-refractivity contribution in [1.82, 2.24) is 0 Å². The van der Waals surface area contributed by atoms with Crippen LogP contribution in [0, 0.1) is 0 Å². The Hall–Kier alpha value is 0.739. The van der Waals surface area contributed by atoms with Crippen LogP contribution >= 0.6 is 15.8 Å². The van der Waals surface area contributed by atoms with E-state index in [0.29, 0.717) is 0 Å². The molecule has 0 bridgehead atoms. The van der Waals surface area contributed by atoms with Crippen LogP contribution in [0.4, 0.5) is 52.7 Å². The van der Waals surface area contributed by atoms with E-state index in [1.54, 1.807) is 0 Å². The van der Waals surface area contributed by atoms with Crippen LogP contribution < -0.4 is 0 Å². The first kappa shape index (κ1) is 29.7. The van der Waals surface area contributed by atoms with Gasteiger partial charge in [0.25, 0.3) is 0 Å². The Balaban J connectivity index is 6.12. The van der Waals surface area contributed by atoms with Crippen LogP contribution in [0.15, 0.2) is 0 Å². The third kappa shape index (κ3) is 6.86. The van der Waals surface area contributed by atoms with Crippen molar-refractivity contribution in [2.45, 2.75) is 35.9 Å². The van der Waals surface area contributed by atoms with E-state index in [0.717, 1.165) is 26.7 Å². The monoisotopic (exact) mass is 604 g/mol. The minimum absolute atomic E-state index is 1.06. The minimum atomic E-state index is -6.11. The molecule has 0 aromatic heterocycles. The molecule has 2 radical (unpaired) electrons. The first-order chi connectivity index (χ1) is 12.5. The third-order valence-electron chi connectivity index (χ3n) is 3.47. The Morgan fingerprint density at radius 2 is 0.724 bits per heavy atom. The van der Waals surface area contributed by atoms with Crippen LogP contribution in [0.3, 0.4) is 0 Å². The van der Waals surface area contributed by atoms with Crippen LogP contribution in [-0.4, -0.2) is 96.9 Å². The Morgan fingerprint density at radius 1 is 0.517 bits per heavy atom. The van der Waals surface area contributed by atoms with E-state index < -0.39 is 86.0 Å². The molecule has 0 aliphatic heterocycles. The number of hydrogen-bond donors (Lipinski definition) is 0. The molecule has 0 saturated carbocycles. The van der Waals surface area contributed by atoms with Crippen molar-refractivity contribution in [3.05, 3.63) is 0 Å². The first-order valence-corrected chi connectivity index (χ1v) is 15.2. The maximum absolute atomic E-state index is 13.2. The predicted molar refractivity (Wildman–Crippen MR) is 87.7 cm³/mol. The van der Waals surface area contributed by atoms with E-state index in [1.165, 1.54) is 0 Å². The predicted octanol–water partition coefficient (Wildman–Crippen LogP) is 5.23. The van der Waals surface area contributed by atoms with Gasteiger partial charge in [-0.25, -0.2) is 0 Å². The fraction of sp³-hybridized carbons (Fsp3) is 1.00. The second-order valence-corrected chi connectivity index (χ2v) is 13.9. The van der Waals surface area contributed by atoms with E-state index in [2.05, 4.69) is 6.15 Å². The van der Waals surface area contributed by atoms with E-state index in [9.17, 15) is 52.7 Å². The fourth-order valence-corrected chi connectivity index (χ4v) is 8.61. The maximum atomic E-state index is 13.2. The molecule has 0 N–H and O–H groups in total. The second-order valence-electron chi connectivity index (χ2n) is 6.70. The number of rotatable bonds is 8. The molecule has 0 amide bonds. The summed E-state index contributed by atoms with van der Waals surface area (Å²) in [4.78, 5) is 0. The van der Waals surface area contributed by atoms with E-state index >= 15 is 0 Å². The Morgan fingerprint density at radius 3 is 0.862 bits per heavy atom. The van der Waals surface area contributed by atoms with Gasteiger partial charge >= 0.3 is 172 Å². The van der Waals surface area contributed by atoms with Crippen molar-refractivity contribution in [1.29, 1.82) is 0 Å². The number of hydrogen-bond acceptors (Lipinski definition) is 2. The molecule has 0 atom stereocenters. The van der Waals surface area contributed by atoms with E-state index in [4.69, 9.17) is 0 Å². The van der Waals surface area contributed by atoms with Crippen molar-refractivity contribution < 1.29 is 58.8 Å². The Bertz CT molecular complexity index is 453. The molecule has 0 saturated heterocycles. The SMILES string of the molecule is C[PH+](C)CC([O][Sn][O]C(C[PH+](C)C)(C(F)(F)F)C(F)(F)F)(C(F)(F)F)C(F)(F)F. The number of alkyl halides is 12. The summed E-state index contributed by atoms with van der Waals surface area (Å²) in [5.41, 5.74) is -9.75. The molecule has 0 heterocycles. The van der Waals surface area contributed by atoms with Gasteiger partial charge in [0.1, 0.15) is 0 Å². The molecular formula is C12H18F12O2P2Sn+2. The van der Waals surface area contributed by atoms with Gasteiger partial charge in [0.15, 0.2) is 0 Å². The van der Waals surface area contributed by atoms with Gasteiger partial charge in [0.2, 0.25) is 0 Å². The Kier molecular flexibility index (Phi) is 9.95. The van der Waals surface area contributed by atoms with Gasteiger partial charge < -0.3 is 0 Å². The van der Waals surface area contributed by atoms with Gasteiger partial charge in [0, 0.05) is 0 Å². The summed E-state index contributed by atoms with van der Waals surface area (Å²) >= 11 is -4.39. The van der Waals surface area contributed by atoms with E-state index in [-0.39, 0.29) is 0 Å². The van der Waals surface area contributed by atoms with Gasteiger partial charge in [0.05, 0.1) is 0 Å². The first-order valence-electron chi connectivity index (χ1n) is 7.50. The van der Waals surface area contributed by atoms with Gasteiger partial charge in [-0.05, 0) is 0 Å². The van der Waals surface area contributed by atoms with Crippen LogP contribution in [-0.2, 0) is 6.15 Å². The van der Waals surface area contributed by atoms with E-state index in [1.807, 2.05) is 0 Å². The summed E-state index contributed by atoms with van der Waals surface area (Å²) in [5.74, 6) is 0. The number of halogens is 12. The van der Waals surface area contributed by atoms with Crippen molar-refractivity contribution in [3.63, 3.8) is 0 Å². The second kappa shape index (κ2) is 9.70. The van der Waals surface area contributed by atoms with Crippen molar-refractivity contribution in [2.75, 3.05) is 39.0 Å². The molecule has 0 aromatic carbocycles. The van der Waals surface area contributed by atoms with Crippen molar-refractivity contribution >= 4 is 37.8 Å². The normalized spacial score (nSPS) is 15.5. The zero-order chi connectivity index (χ0) is 23.7. The standard InChI is InChI=1S/2C6H8F6OP.Sn/c2*1-14(2)3-4(13,5(7,8)9)6(10,11)12;/h2*3H2,1-2H3;/q2*-1;+2/p+2. The molecule has 2 nitrogen and oxygen atoms in total. The molecule has 0 aromatic rings. The summed E-state index contributed by atoms with van der Waals surface area (Å²) in [6.45, 7) is 4.24. The Labute approximate surface area is 171 Å². The topological polar surface area (TPSA) is 18.5 Å².